The predicted molar refractivity (Wildman–Crippen MR) is 64.0 cm³/mol. The monoisotopic (exact) mass is 330 g/mol. The third kappa shape index (κ3) is 5.27. The molecule has 96 valence electrons. The van der Waals surface area contributed by atoms with E-state index in [-0.39, 0.29) is 12.8 Å². The smallest absolute Gasteiger partial charge is 0.388 e. The van der Waals surface area contributed by atoms with Crippen LogP contribution in [0.2, 0.25) is 5.02 Å². The van der Waals surface area contributed by atoms with E-state index in [0.29, 0.717) is 15.1 Å². The van der Waals surface area contributed by atoms with Crippen molar-refractivity contribution in [3.05, 3.63) is 33.3 Å². The first-order chi connectivity index (χ1) is 7.79. The third-order valence-electron chi connectivity index (χ3n) is 2.25. The van der Waals surface area contributed by atoms with Gasteiger partial charge in [0.05, 0.1) is 6.10 Å². The second-order valence-corrected chi connectivity index (χ2v) is 4.98. The highest BCUT2D eigenvalue weighted by molar-refractivity contribution is 9.10. The normalized spacial score (nSPS) is 13.8. The van der Waals surface area contributed by atoms with E-state index < -0.39 is 18.7 Å². The number of hydrogen-bond acceptors (Lipinski definition) is 1. The first-order valence-electron chi connectivity index (χ1n) is 4.99. The Bertz CT molecular complexity index is 381. The van der Waals surface area contributed by atoms with E-state index in [9.17, 15) is 18.3 Å². The summed E-state index contributed by atoms with van der Waals surface area (Å²) >= 11 is 8.98. The van der Waals surface area contributed by atoms with Crippen molar-refractivity contribution in [3.63, 3.8) is 0 Å². The predicted octanol–water partition coefficient (Wildman–Crippen LogP) is 4.87. The Labute approximate surface area is 111 Å². The van der Waals surface area contributed by atoms with Crippen molar-refractivity contribution in [2.75, 3.05) is 0 Å². The summed E-state index contributed by atoms with van der Waals surface area (Å²) in [6.07, 6.45) is -6.05. The average molecular weight is 332 g/mol. The van der Waals surface area contributed by atoms with Gasteiger partial charge in [0, 0.05) is 15.9 Å². The number of halogens is 5. The van der Waals surface area contributed by atoms with Crippen molar-refractivity contribution in [2.24, 2.45) is 0 Å². The topological polar surface area (TPSA) is 20.2 Å². The highest BCUT2D eigenvalue weighted by Crippen LogP contribution is 2.31. The number of benzene rings is 1. The zero-order valence-electron chi connectivity index (χ0n) is 8.77. The lowest BCUT2D eigenvalue weighted by molar-refractivity contribution is -0.136. The van der Waals surface area contributed by atoms with Crippen molar-refractivity contribution in [2.45, 2.75) is 31.5 Å². The maximum Gasteiger partial charge on any atom is 0.389 e. The van der Waals surface area contributed by atoms with Crippen LogP contribution in [0.15, 0.2) is 22.7 Å². The first-order valence-corrected chi connectivity index (χ1v) is 6.16. The minimum atomic E-state index is -4.18. The molecule has 0 bridgehead atoms. The van der Waals surface area contributed by atoms with Gasteiger partial charge in [-0.1, -0.05) is 27.5 Å². The van der Waals surface area contributed by atoms with Gasteiger partial charge < -0.3 is 5.11 Å². The largest absolute Gasteiger partial charge is 0.389 e. The number of aliphatic hydroxyl groups excluding tert-OH is 1. The number of hydrogen-bond donors (Lipinski definition) is 1. The van der Waals surface area contributed by atoms with Crippen LogP contribution in [0.4, 0.5) is 13.2 Å². The summed E-state index contributed by atoms with van der Waals surface area (Å²) in [5, 5.41) is 10.2. The van der Waals surface area contributed by atoms with Crippen LogP contribution in [0.1, 0.15) is 30.9 Å². The van der Waals surface area contributed by atoms with Crippen LogP contribution >= 0.6 is 27.5 Å². The molecule has 1 N–H and O–H groups in total. The van der Waals surface area contributed by atoms with E-state index in [1.54, 1.807) is 18.2 Å². The van der Waals surface area contributed by atoms with Crippen LogP contribution in [-0.2, 0) is 0 Å². The fourth-order valence-corrected chi connectivity index (χ4v) is 2.11. The third-order valence-corrected chi connectivity index (χ3v) is 3.21. The van der Waals surface area contributed by atoms with Crippen LogP contribution in [0.3, 0.4) is 0 Å². The lowest BCUT2D eigenvalue weighted by atomic mass is 10.0. The molecule has 1 rings (SSSR count). The summed E-state index contributed by atoms with van der Waals surface area (Å²) in [6.45, 7) is 0. The Hall–Kier alpha value is -0.260. The number of alkyl halides is 3. The van der Waals surface area contributed by atoms with Crippen molar-refractivity contribution >= 4 is 27.5 Å². The number of rotatable bonds is 4. The van der Waals surface area contributed by atoms with Gasteiger partial charge in [0.15, 0.2) is 0 Å². The standard InChI is InChI=1S/C11H11BrClF3O/c12-9-4-3-7(13)6-8(9)10(17)2-1-5-11(14,15)16/h3-4,6,10,17H,1-2,5H2. The van der Waals surface area contributed by atoms with Gasteiger partial charge in [-0.05, 0) is 36.6 Å². The molecule has 0 spiro atoms. The molecule has 1 unspecified atom stereocenters. The molecule has 1 atom stereocenters. The molecule has 1 nitrogen and oxygen atoms in total. The average Bonchev–Trinajstić information content (AvgIpc) is 2.19. The van der Waals surface area contributed by atoms with Crippen molar-refractivity contribution in [1.82, 2.24) is 0 Å². The molecule has 0 aromatic heterocycles. The van der Waals surface area contributed by atoms with E-state index >= 15 is 0 Å². The Morgan fingerprint density at radius 2 is 2.00 bits per heavy atom. The van der Waals surface area contributed by atoms with Crippen molar-refractivity contribution in [3.8, 4) is 0 Å². The molecule has 0 fully saturated rings. The second-order valence-electron chi connectivity index (χ2n) is 3.69. The van der Waals surface area contributed by atoms with E-state index in [2.05, 4.69) is 15.9 Å². The molecule has 0 radical (unpaired) electrons. The maximum absolute atomic E-state index is 11.9. The molecule has 1 aromatic rings. The van der Waals surface area contributed by atoms with E-state index in [4.69, 9.17) is 11.6 Å². The molecule has 17 heavy (non-hydrogen) atoms. The van der Waals surface area contributed by atoms with Gasteiger partial charge in [-0.3, -0.25) is 0 Å². The summed E-state index contributed by atoms with van der Waals surface area (Å²) < 4.78 is 36.5. The molecule has 0 aliphatic rings. The van der Waals surface area contributed by atoms with E-state index in [0.717, 1.165) is 0 Å². The minimum Gasteiger partial charge on any atom is -0.388 e. The van der Waals surface area contributed by atoms with Crippen LogP contribution in [0.25, 0.3) is 0 Å². The highest BCUT2D eigenvalue weighted by atomic mass is 79.9. The summed E-state index contributed by atoms with van der Waals surface area (Å²) in [5.74, 6) is 0. The van der Waals surface area contributed by atoms with E-state index in [1.165, 1.54) is 0 Å². The second kappa shape index (κ2) is 6.07. The summed E-state index contributed by atoms with van der Waals surface area (Å²) in [6, 6.07) is 4.84. The summed E-state index contributed by atoms with van der Waals surface area (Å²) in [7, 11) is 0. The molecule has 0 heterocycles. The van der Waals surface area contributed by atoms with Gasteiger partial charge in [0.1, 0.15) is 0 Å². The molecule has 0 aliphatic heterocycles. The highest BCUT2D eigenvalue weighted by Gasteiger charge is 2.26. The molecule has 0 saturated heterocycles. The molecule has 6 heteroatoms. The van der Waals surface area contributed by atoms with Crippen LogP contribution in [0.5, 0.6) is 0 Å². The van der Waals surface area contributed by atoms with Gasteiger partial charge in [-0.2, -0.15) is 13.2 Å². The molecular weight excluding hydrogens is 320 g/mol. The Morgan fingerprint density at radius 1 is 1.35 bits per heavy atom. The summed E-state index contributed by atoms with van der Waals surface area (Å²) in [5.41, 5.74) is 0.514. The van der Waals surface area contributed by atoms with Gasteiger partial charge in [-0.15, -0.1) is 0 Å². The zero-order valence-corrected chi connectivity index (χ0v) is 11.1. The Balaban J connectivity index is 2.58. The lowest BCUT2D eigenvalue weighted by Crippen LogP contribution is -2.08. The van der Waals surface area contributed by atoms with Crippen LogP contribution in [-0.4, -0.2) is 11.3 Å². The molecule has 0 amide bonds. The Morgan fingerprint density at radius 3 is 2.59 bits per heavy atom. The van der Waals surface area contributed by atoms with Crippen molar-refractivity contribution < 1.29 is 18.3 Å². The lowest BCUT2D eigenvalue weighted by Gasteiger charge is -2.14. The van der Waals surface area contributed by atoms with Gasteiger partial charge in [-0.25, -0.2) is 0 Å². The molecule has 0 saturated carbocycles. The SMILES string of the molecule is OC(CCCC(F)(F)F)c1cc(Cl)ccc1Br. The van der Waals surface area contributed by atoms with E-state index in [1.807, 2.05) is 0 Å². The van der Waals surface area contributed by atoms with Gasteiger partial charge in [0.2, 0.25) is 0 Å². The van der Waals surface area contributed by atoms with Crippen LogP contribution < -0.4 is 0 Å². The first kappa shape index (κ1) is 14.8. The summed E-state index contributed by atoms with van der Waals surface area (Å²) in [4.78, 5) is 0. The number of aliphatic hydroxyl groups is 1. The fourth-order valence-electron chi connectivity index (χ4n) is 1.42. The zero-order chi connectivity index (χ0) is 13.1. The minimum absolute atomic E-state index is 0.0540. The van der Waals surface area contributed by atoms with Gasteiger partial charge in [0.25, 0.3) is 0 Å². The Kier molecular flexibility index (Phi) is 5.28. The maximum atomic E-state index is 11.9. The van der Waals surface area contributed by atoms with Crippen molar-refractivity contribution in [1.29, 1.82) is 0 Å². The van der Waals surface area contributed by atoms with Crippen LogP contribution in [0, 0.1) is 0 Å². The quantitative estimate of drug-likeness (QED) is 0.834. The fraction of sp³-hybridized carbons (Fsp3) is 0.455. The molecule has 0 aliphatic carbocycles. The van der Waals surface area contributed by atoms with Gasteiger partial charge >= 0.3 is 6.18 Å². The molecule has 1 aromatic carbocycles. The molecular formula is C11H11BrClF3O.